The molecular weight excluding hydrogens is 731 g/mol. The largest absolute Gasteiger partial charge is 0.472 e. The first-order valence-corrected chi connectivity index (χ1v) is 22.6. The number of hydrogen-bond acceptors (Lipinski definition) is 12. The summed E-state index contributed by atoms with van der Waals surface area (Å²) < 4.78 is 32.6. The van der Waals surface area contributed by atoms with Gasteiger partial charge in [0.2, 0.25) is 0 Å². The van der Waals surface area contributed by atoms with Crippen LogP contribution < -0.4 is 0 Å². The van der Waals surface area contributed by atoms with Crippen molar-refractivity contribution in [3.05, 3.63) is 12.2 Å². The van der Waals surface area contributed by atoms with Crippen molar-refractivity contribution in [3.8, 4) is 0 Å². The minimum Gasteiger partial charge on any atom is -0.462 e. The third kappa shape index (κ3) is 26.0. The van der Waals surface area contributed by atoms with Crippen LogP contribution in [0.2, 0.25) is 0 Å². The van der Waals surface area contributed by atoms with Crippen molar-refractivity contribution in [3.63, 3.8) is 0 Å². The fourth-order valence-electron chi connectivity index (χ4n) is 6.64. The fourth-order valence-corrected chi connectivity index (χ4v) is 7.43. The molecule has 1 aliphatic carbocycles. The van der Waals surface area contributed by atoms with Gasteiger partial charge in [-0.1, -0.05) is 129 Å². The van der Waals surface area contributed by atoms with Gasteiger partial charge in [0.25, 0.3) is 0 Å². The van der Waals surface area contributed by atoms with Crippen LogP contribution in [-0.4, -0.2) is 93.9 Å². The Morgan fingerprint density at radius 3 is 2.04 bits per heavy atom. The van der Waals surface area contributed by atoms with Crippen LogP contribution in [0.5, 0.6) is 0 Å². The number of hydrogen-bond donors (Lipinski definition) is 5. The third-order valence-electron chi connectivity index (χ3n) is 10.4. The van der Waals surface area contributed by atoms with Gasteiger partial charge in [-0.2, -0.15) is 0 Å². The van der Waals surface area contributed by atoms with Crippen LogP contribution in [0.25, 0.3) is 0 Å². The van der Waals surface area contributed by atoms with E-state index in [0.29, 0.717) is 32.1 Å². The topological polar surface area (TPSA) is 206 Å². The number of Topliss-reactive ketones (excluding diaryl/α,β-unsaturated/α-hetero) is 1. The van der Waals surface area contributed by atoms with Crippen LogP contribution in [0, 0.1) is 17.8 Å². The quantitative estimate of drug-likeness (QED) is 0.0185. The number of phosphoric ester groups is 1. The highest BCUT2D eigenvalue weighted by molar-refractivity contribution is 7.47. The van der Waals surface area contributed by atoms with Gasteiger partial charge in [-0.05, 0) is 37.5 Å². The van der Waals surface area contributed by atoms with Gasteiger partial charge in [-0.25, -0.2) is 4.57 Å². The van der Waals surface area contributed by atoms with E-state index in [1.807, 2.05) is 0 Å². The number of aliphatic hydroxyl groups is 4. The smallest absolute Gasteiger partial charge is 0.462 e. The number of carbonyl (C=O) groups excluding carboxylic acids is 3. The van der Waals surface area contributed by atoms with Gasteiger partial charge in [-0.3, -0.25) is 23.4 Å². The summed E-state index contributed by atoms with van der Waals surface area (Å²) >= 11 is 0. The van der Waals surface area contributed by atoms with Crippen LogP contribution >= 0.6 is 7.82 Å². The molecule has 1 fully saturated rings. The molecule has 0 aromatic heterocycles. The van der Waals surface area contributed by atoms with Gasteiger partial charge in [0.05, 0.1) is 32.0 Å². The highest BCUT2D eigenvalue weighted by Crippen LogP contribution is 2.43. The van der Waals surface area contributed by atoms with E-state index >= 15 is 0 Å². The van der Waals surface area contributed by atoms with Crippen molar-refractivity contribution in [2.24, 2.45) is 17.8 Å². The second-order valence-corrected chi connectivity index (χ2v) is 16.9. The van der Waals surface area contributed by atoms with Gasteiger partial charge >= 0.3 is 19.8 Å². The van der Waals surface area contributed by atoms with Gasteiger partial charge in [0.1, 0.15) is 18.5 Å². The lowest BCUT2D eigenvalue weighted by Crippen LogP contribution is -2.29. The van der Waals surface area contributed by atoms with E-state index in [4.69, 9.17) is 19.1 Å². The Balaban J connectivity index is 2.46. The number of ether oxygens (including phenoxy) is 2. The molecule has 0 spiro atoms. The molecule has 8 atom stereocenters. The summed E-state index contributed by atoms with van der Waals surface area (Å²) in [4.78, 5) is 47.6. The Labute approximate surface area is 330 Å². The molecule has 0 aromatic rings. The molecule has 322 valence electrons. The number of rotatable bonds is 35. The first-order chi connectivity index (χ1) is 26.3. The van der Waals surface area contributed by atoms with E-state index in [1.54, 1.807) is 12.2 Å². The first kappa shape index (κ1) is 51.3. The van der Waals surface area contributed by atoms with E-state index in [-0.39, 0.29) is 31.0 Å². The molecule has 55 heavy (non-hydrogen) atoms. The highest BCUT2D eigenvalue weighted by Gasteiger charge is 2.39. The summed E-state index contributed by atoms with van der Waals surface area (Å²) in [5, 5.41) is 39.1. The molecule has 1 saturated carbocycles. The molecule has 1 aliphatic rings. The normalized spacial score (nSPS) is 20.7. The Morgan fingerprint density at radius 2 is 1.40 bits per heavy atom. The molecule has 1 rings (SSSR count). The molecule has 0 saturated heterocycles. The van der Waals surface area contributed by atoms with Crippen LogP contribution in [0.3, 0.4) is 0 Å². The van der Waals surface area contributed by atoms with Crippen molar-refractivity contribution >= 4 is 25.5 Å². The van der Waals surface area contributed by atoms with Crippen LogP contribution in [0.1, 0.15) is 162 Å². The molecule has 0 aromatic carbocycles. The van der Waals surface area contributed by atoms with E-state index < -0.39 is 76.5 Å². The Hall–Kier alpha value is -1.70. The van der Waals surface area contributed by atoms with Crippen LogP contribution in [0.4, 0.5) is 0 Å². The average molecular weight is 807 g/mol. The first-order valence-electron chi connectivity index (χ1n) is 21.1. The summed E-state index contributed by atoms with van der Waals surface area (Å²) in [6, 6.07) is 0. The monoisotopic (exact) mass is 806 g/mol. The van der Waals surface area contributed by atoms with Crippen molar-refractivity contribution in [1.82, 2.24) is 0 Å². The van der Waals surface area contributed by atoms with Crippen molar-refractivity contribution in [1.29, 1.82) is 0 Å². The maximum atomic E-state index is 12.6. The third-order valence-corrected chi connectivity index (χ3v) is 11.3. The van der Waals surface area contributed by atoms with Crippen LogP contribution in [0.15, 0.2) is 12.2 Å². The van der Waals surface area contributed by atoms with Gasteiger partial charge < -0.3 is 34.8 Å². The summed E-state index contributed by atoms with van der Waals surface area (Å²) in [6.07, 6.45) is 18.1. The molecule has 2 unspecified atom stereocenters. The zero-order valence-electron chi connectivity index (χ0n) is 34.0. The number of esters is 2. The molecule has 0 radical (unpaired) electrons. The maximum Gasteiger partial charge on any atom is 0.472 e. The van der Waals surface area contributed by atoms with E-state index in [2.05, 4.69) is 25.3 Å². The summed E-state index contributed by atoms with van der Waals surface area (Å²) in [7, 11) is -4.67. The lowest BCUT2D eigenvalue weighted by Gasteiger charge is -2.20. The second kappa shape index (κ2) is 31.3. The van der Waals surface area contributed by atoms with Gasteiger partial charge in [-0.15, -0.1) is 0 Å². The second-order valence-electron chi connectivity index (χ2n) is 15.4. The molecule has 5 N–H and O–H groups in total. The van der Waals surface area contributed by atoms with Crippen molar-refractivity contribution in [2.75, 3.05) is 26.4 Å². The van der Waals surface area contributed by atoms with E-state index in [1.165, 1.54) is 38.5 Å². The predicted molar refractivity (Wildman–Crippen MR) is 211 cm³/mol. The predicted octanol–water partition coefficient (Wildman–Crippen LogP) is 7.28. The molecular formula is C41H75O13P. The minimum absolute atomic E-state index is 0.00896. The highest BCUT2D eigenvalue weighted by atomic mass is 31.2. The number of carbonyl (C=O) groups is 3. The SMILES string of the molecule is CCCCC[C@H](O)/C=C/[C@H]1C(=O)C[C@H](O)[C@@H]1CCCCCCC(=O)OC[C@H](COP(=O)(O)OC[C@@H](O)CO)OC(=O)CCCCCCCCCCC(C)CC. The number of allylic oxidation sites excluding steroid dienone is 1. The molecule has 0 bridgehead atoms. The zero-order chi connectivity index (χ0) is 40.9. The maximum absolute atomic E-state index is 12.6. The zero-order valence-corrected chi connectivity index (χ0v) is 34.9. The Bertz CT molecular complexity index is 1100. The Morgan fingerprint density at radius 1 is 0.818 bits per heavy atom. The van der Waals surface area contributed by atoms with E-state index in [0.717, 1.165) is 57.3 Å². The Kier molecular flexibility index (Phi) is 29.2. The molecule has 0 aliphatic heterocycles. The van der Waals surface area contributed by atoms with Crippen LogP contribution in [-0.2, 0) is 37.5 Å². The number of unbranched alkanes of at least 4 members (excludes halogenated alkanes) is 12. The number of phosphoric acid groups is 1. The molecule has 0 heterocycles. The molecule has 14 heteroatoms. The molecule has 0 amide bonds. The fraction of sp³-hybridized carbons (Fsp3) is 0.878. The number of aliphatic hydroxyl groups excluding tert-OH is 4. The van der Waals surface area contributed by atoms with Crippen molar-refractivity contribution in [2.45, 2.75) is 186 Å². The summed E-state index contributed by atoms with van der Waals surface area (Å²) in [6.45, 7) is 4.30. The summed E-state index contributed by atoms with van der Waals surface area (Å²) in [5.74, 6) is -0.902. The lowest BCUT2D eigenvalue weighted by atomic mass is 9.88. The van der Waals surface area contributed by atoms with Gasteiger partial charge in [0, 0.05) is 25.2 Å². The molecule has 13 nitrogen and oxygen atoms in total. The average Bonchev–Trinajstić information content (AvgIpc) is 3.43. The summed E-state index contributed by atoms with van der Waals surface area (Å²) in [5.41, 5.74) is 0. The number of ketones is 1. The lowest BCUT2D eigenvalue weighted by molar-refractivity contribution is -0.161. The van der Waals surface area contributed by atoms with Gasteiger partial charge in [0.15, 0.2) is 6.10 Å². The van der Waals surface area contributed by atoms with E-state index in [9.17, 15) is 39.2 Å². The minimum atomic E-state index is -4.67. The van der Waals surface area contributed by atoms with Crippen molar-refractivity contribution < 1.29 is 62.8 Å². The standard InChI is InChI=1S/C41H75O13P/c1-4-6-15-21-33(43)25-26-37-36(38(45)27-39(37)46)22-17-13-14-18-23-40(47)51-30-35(31-53-55(49,50)52-29-34(44)28-42)54-41(48)24-19-12-10-8-7-9-11-16-20-32(3)5-2/h25-26,32-38,42-45H,4-24,27-31H2,1-3H3,(H,49,50)/b26-25+/t32?,33-,34-,35+,36+,37+,38-/m0/s1.